The smallest absolute Gasteiger partial charge is 0.271 e. The molecule has 0 radical (unpaired) electrons. The maximum atomic E-state index is 12.6. The van der Waals surface area contributed by atoms with Gasteiger partial charge in [-0.2, -0.15) is 0 Å². The van der Waals surface area contributed by atoms with Crippen LogP contribution in [0.1, 0.15) is 23.6 Å². The number of carbonyl (C=O) groups excluding carboxylic acids is 1. The third-order valence-corrected chi connectivity index (χ3v) is 5.49. The van der Waals surface area contributed by atoms with Crippen molar-refractivity contribution in [2.24, 2.45) is 0 Å². The maximum absolute atomic E-state index is 12.6. The number of hydrogen-bond acceptors (Lipinski definition) is 5. The van der Waals surface area contributed by atoms with Gasteiger partial charge in [-0.05, 0) is 37.0 Å². The summed E-state index contributed by atoms with van der Waals surface area (Å²) in [5, 5.41) is 13.8. The molecular weight excluding hydrogens is 382 g/mol. The summed E-state index contributed by atoms with van der Waals surface area (Å²) in [5.74, 6) is -0.527. The van der Waals surface area contributed by atoms with E-state index in [0.717, 1.165) is 27.8 Å². The molecule has 0 aliphatic rings. The second-order valence-corrected chi connectivity index (χ2v) is 8.42. The summed E-state index contributed by atoms with van der Waals surface area (Å²) in [4.78, 5) is 23.1. The van der Waals surface area contributed by atoms with Crippen molar-refractivity contribution in [3.05, 3.63) is 63.2 Å². The van der Waals surface area contributed by atoms with Crippen LogP contribution in [0.15, 0.2) is 36.4 Å². The number of aryl methyl sites for hydroxylation is 3. The Hall–Kier alpha value is -2.94. The van der Waals surface area contributed by atoms with Gasteiger partial charge >= 0.3 is 0 Å². The van der Waals surface area contributed by atoms with Gasteiger partial charge in [-0.3, -0.25) is 19.2 Å². The Morgan fingerprint density at radius 3 is 2.43 bits per heavy atom. The van der Waals surface area contributed by atoms with Crippen LogP contribution in [0.3, 0.4) is 0 Å². The summed E-state index contributed by atoms with van der Waals surface area (Å²) >= 11 is 0. The third kappa shape index (κ3) is 4.86. The Morgan fingerprint density at radius 2 is 1.86 bits per heavy atom. The minimum Gasteiger partial charge on any atom is -0.324 e. The number of para-hydroxylation sites is 1. The van der Waals surface area contributed by atoms with Crippen LogP contribution < -0.4 is 9.62 Å². The molecule has 9 heteroatoms. The number of amides is 1. The van der Waals surface area contributed by atoms with Gasteiger partial charge in [0.05, 0.1) is 16.9 Å². The van der Waals surface area contributed by atoms with Crippen LogP contribution >= 0.6 is 0 Å². The molecule has 28 heavy (non-hydrogen) atoms. The van der Waals surface area contributed by atoms with Gasteiger partial charge in [0, 0.05) is 17.8 Å². The van der Waals surface area contributed by atoms with Crippen LogP contribution in [-0.2, 0) is 21.2 Å². The molecule has 8 nitrogen and oxygen atoms in total. The molecule has 1 N–H and O–H groups in total. The Bertz CT molecular complexity index is 1020. The zero-order valence-corrected chi connectivity index (χ0v) is 17.0. The average molecular weight is 405 g/mol. The molecule has 0 aliphatic carbocycles. The standard InChI is InChI=1S/C19H23N3O5S/c1-5-15-8-6-7-14(3)19(15)20-18(23)12-21(28(4,26)27)17-11-16(22(24)25)10-9-13(17)2/h6-11H,5,12H2,1-4H3,(H,20,23). The molecule has 0 saturated carbocycles. The molecule has 0 unspecified atom stereocenters. The first-order valence-corrected chi connectivity index (χ1v) is 10.5. The second kappa shape index (κ2) is 8.39. The lowest BCUT2D eigenvalue weighted by atomic mass is 10.1. The molecule has 0 heterocycles. The van der Waals surface area contributed by atoms with Crippen molar-refractivity contribution in [1.82, 2.24) is 0 Å². The number of nitrogens with one attached hydrogen (secondary N) is 1. The Morgan fingerprint density at radius 1 is 1.18 bits per heavy atom. The molecular formula is C19H23N3O5S. The fourth-order valence-electron chi connectivity index (χ4n) is 2.87. The lowest BCUT2D eigenvalue weighted by molar-refractivity contribution is -0.384. The van der Waals surface area contributed by atoms with Crippen LogP contribution in [0.2, 0.25) is 0 Å². The highest BCUT2D eigenvalue weighted by Gasteiger charge is 2.25. The van der Waals surface area contributed by atoms with E-state index in [-0.39, 0.29) is 11.4 Å². The predicted octanol–water partition coefficient (Wildman–Crippen LogP) is 3.18. The molecule has 0 atom stereocenters. The first kappa shape index (κ1) is 21.4. The maximum Gasteiger partial charge on any atom is 0.271 e. The molecule has 0 saturated heterocycles. The number of nitrogens with zero attached hydrogens (tertiary/aromatic N) is 2. The topological polar surface area (TPSA) is 110 Å². The number of sulfonamides is 1. The van der Waals surface area contributed by atoms with E-state index in [9.17, 15) is 23.3 Å². The summed E-state index contributed by atoms with van der Waals surface area (Å²) in [6.45, 7) is 4.96. The molecule has 150 valence electrons. The van der Waals surface area contributed by atoms with Crippen LogP contribution in [0.4, 0.5) is 17.1 Å². The van der Waals surface area contributed by atoms with Crippen molar-refractivity contribution in [2.45, 2.75) is 27.2 Å². The van der Waals surface area contributed by atoms with Gasteiger partial charge in [0.1, 0.15) is 6.54 Å². The normalized spacial score (nSPS) is 11.1. The fraction of sp³-hybridized carbons (Fsp3) is 0.316. The second-order valence-electron chi connectivity index (χ2n) is 6.51. The summed E-state index contributed by atoms with van der Waals surface area (Å²) < 4.78 is 25.5. The van der Waals surface area contributed by atoms with Crippen molar-refractivity contribution in [1.29, 1.82) is 0 Å². The summed E-state index contributed by atoms with van der Waals surface area (Å²) in [5.41, 5.74) is 2.82. The Balaban J connectivity index is 2.39. The number of non-ortho nitro benzene ring substituents is 1. The van der Waals surface area contributed by atoms with E-state index < -0.39 is 27.4 Å². The van der Waals surface area contributed by atoms with Crippen LogP contribution in [0, 0.1) is 24.0 Å². The SMILES string of the molecule is CCc1cccc(C)c1NC(=O)CN(c1cc([N+](=O)[O-])ccc1C)S(C)(=O)=O. The van der Waals surface area contributed by atoms with Crippen molar-refractivity contribution >= 4 is 33.0 Å². The fourth-order valence-corrected chi connectivity index (χ4v) is 3.78. The van der Waals surface area contributed by atoms with Crippen molar-refractivity contribution in [2.75, 3.05) is 22.4 Å². The largest absolute Gasteiger partial charge is 0.324 e. The molecule has 0 spiro atoms. The van der Waals surface area contributed by atoms with Crippen LogP contribution in [0.5, 0.6) is 0 Å². The van der Waals surface area contributed by atoms with Gasteiger partial charge in [0.2, 0.25) is 15.9 Å². The number of nitro groups is 1. The Labute approximate surface area is 164 Å². The number of carbonyl (C=O) groups is 1. The highest BCUT2D eigenvalue weighted by molar-refractivity contribution is 7.92. The zero-order chi connectivity index (χ0) is 21.1. The van der Waals surface area contributed by atoms with Gasteiger partial charge in [-0.15, -0.1) is 0 Å². The summed E-state index contributed by atoms with van der Waals surface area (Å²) in [6, 6.07) is 9.55. The summed E-state index contributed by atoms with van der Waals surface area (Å²) in [6.07, 6.45) is 1.67. The van der Waals surface area contributed by atoms with Gasteiger partial charge in [-0.1, -0.05) is 31.2 Å². The first-order valence-electron chi connectivity index (χ1n) is 8.65. The number of rotatable bonds is 7. The van der Waals surface area contributed by atoms with E-state index in [4.69, 9.17) is 0 Å². The monoisotopic (exact) mass is 405 g/mol. The number of nitro benzene ring substituents is 1. The molecule has 0 bridgehead atoms. The minimum absolute atomic E-state index is 0.104. The zero-order valence-electron chi connectivity index (χ0n) is 16.2. The van der Waals surface area contributed by atoms with E-state index in [1.54, 1.807) is 6.92 Å². The Kier molecular flexibility index (Phi) is 6.40. The molecule has 0 aromatic heterocycles. The van der Waals surface area contributed by atoms with E-state index in [1.165, 1.54) is 12.1 Å². The van der Waals surface area contributed by atoms with Crippen LogP contribution in [0.25, 0.3) is 0 Å². The molecule has 0 fully saturated rings. The van der Waals surface area contributed by atoms with Gasteiger partial charge in [0.15, 0.2) is 0 Å². The van der Waals surface area contributed by atoms with Crippen LogP contribution in [-0.4, -0.2) is 32.0 Å². The number of benzene rings is 2. The number of hydrogen-bond donors (Lipinski definition) is 1. The lowest BCUT2D eigenvalue weighted by Gasteiger charge is -2.24. The van der Waals surface area contributed by atoms with Gasteiger partial charge in [0.25, 0.3) is 5.69 Å². The highest BCUT2D eigenvalue weighted by atomic mass is 32.2. The van der Waals surface area contributed by atoms with E-state index >= 15 is 0 Å². The van der Waals surface area contributed by atoms with Crippen molar-refractivity contribution in [3.63, 3.8) is 0 Å². The molecule has 2 aromatic carbocycles. The third-order valence-electron chi connectivity index (χ3n) is 4.36. The quantitative estimate of drug-likeness (QED) is 0.562. The molecule has 2 aromatic rings. The summed E-state index contributed by atoms with van der Waals surface area (Å²) in [7, 11) is -3.85. The van der Waals surface area contributed by atoms with E-state index in [2.05, 4.69) is 5.32 Å². The van der Waals surface area contributed by atoms with E-state index in [1.807, 2.05) is 32.0 Å². The minimum atomic E-state index is -3.85. The molecule has 1 amide bonds. The predicted molar refractivity (Wildman–Crippen MR) is 109 cm³/mol. The van der Waals surface area contributed by atoms with Crippen molar-refractivity contribution < 1.29 is 18.1 Å². The first-order chi connectivity index (χ1) is 13.0. The van der Waals surface area contributed by atoms with E-state index in [0.29, 0.717) is 17.7 Å². The average Bonchev–Trinajstić information content (AvgIpc) is 2.61. The highest BCUT2D eigenvalue weighted by Crippen LogP contribution is 2.28. The van der Waals surface area contributed by atoms with Gasteiger partial charge in [-0.25, -0.2) is 8.42 Å². The lowest BCUT2D eigenvalue weighted by Crippen LogP contribution is -2.38. The number of anilines is 2. The van der Waals surface area contributed by atoms with Gasteiger partial charge < -0.3 is 5.32 Å². The molecule has 2 rings (SSSR count). The van der Waals surface area contributed by atoms with Crippen molar-refractivity contribution in [3.8, 4) is 0 Å². The molecule has 0 aliphatic heterocycles.